The number of rotatable bonds is 3. The Morgan fingerprint density at radius 1 is 1.73 bits per heavy atom. The molecule has 0 bridgehead atoms. The molecule has 0 aromatic carbocycles. The van der Waals surface area contributed by atoms with Crippen molar-refractivity contribution in [2.75, 3.05) is 11.9 Å². The Bertz CT molecular complexity index is 220. The van der Waals surface area contributed by atoms with Gasteiger partial charge in [0.25, 0.3) is 0 Å². The number of alkyl halides is 1. The number of carbonyl (C=O) groups excluding carboxylic acids is 1. The van der Waals surface area contributed by atoms with E-state index < -0.39 is 0 Å². The fourth-order valence-corrected chi connectivity index (χ4v) is 0.828. The van der Waals surface area contributed by atoms with Crippen molar-refractivity contribution in [2.45, 2.75) is 0 Å². The lowest BCUT2D eigenvalue weighted by atomic mass is 10.4. The molecule has 0 fully saturated rings. The molecule has 0 aliphatic carbocycles. The molecule has 0 spiro atoms. The topological polar surface area (TPSA) is 42.1 Å². The van der Waals surface area contributed by atoms with Crippen LogP contribution in [0.2, 0.25) is 0 Å². The Balaban J connectivity index is 2.43. The largest absolute Gasteiger partial charge is 0.460 e. The highest BCUT2D eigenvalue weighted by Crippen LogP contribution is 1.97. The van der Waals surface area contributed by atoms with Crippen LogP contribution in [-0.4, -0.2) is 22.9 Å². The molecule has 0 atom stereocenters. The molecule has 1 aromatic rings. The van der Waals surface area contributed by atoms with Gasteiger partial charge in [0.05, 0.1) is 0 Å². The van der Waals surface area contributed by atoms with Crippen LogP contribution in [0, 0.1) is 0 Å². The molecular formula is C7H8BrNO2. The first-order valence-corrected chi connectivity index (χ1v) is 4.33. The molecule has 1 N–H and O–H groups in total. The third-order valence-electron chi connectivity index (χ3n) is 1.13. The van der Waals surface area contributed by atoms with Crippen LogP contribution < -0.4 is 0 Å². The van der Waals surface area contributed by atoms with Crippen molar-refractivity contribution in [2.24, 2.45) is 0 Å². The molecule has 3 nitrogen and oxygen atoms in total. The normalized spacial score (nSPS) is 9.55. The number of esters is 1. The summed E-state index contributed by atoms with van der Waals surface area (Å²) in [4.78, 5) is 13.7. The highest BCUT2D eigenvalue weighted by Gasteiger charge is 2.05. The van der Waals surface area contributed by atoms with Gasteiger partial charge in [0.2, 0.25) is 0 Å². The summed E-state index contributed by atoms with van der Waals surface area (Å²) in [5.74, 6) is -0.311. The van der Waals surface area contributed by atoms with Crippen LogP contribution in [0.25, 0.3) is 0 Å². The Labute approximate surface area is 72.9 Å². The van der Waals surface area contributed by atoms with Crippen molar-refractivity contribution in [1.82, 2.24) is 4.98 Å². The number of halogens is 1. The zero-order valence-electron chi connectivity index (χ0n) is 5.84. The number of ether oxygens (including phenoxy) is 1. The van der Waals surface area contributed by atoms with E-state index in [0.29, 0.717) is 17.6 Å². The Kier molecular flexibility index (Phi) is 3.16. The number of hydrogen-bond donors (Lipinski definition) is 1. The average Bonchev–Trinajstić information content (AvgIpc) is 2.52. The van der Waals surface area contributed by atoms with Crippen molar-refractivity contribution in [3.63, 3.8) is 0 Å². The summed E-state index contributed by atoms with van der Waals surface area (Å²) < 4.78 is 4.82. The maximum Gasteiger partial charge on any atom is 0.354 e. The minimum Gasteiger partial charge on any atom is -0.460 e. The summed E-state index contributed by atoms with van der Waals surface area (Å²) >= 11 is 3.15. The summed E-state index contributed by atoms with van der Waals surface area (Å²) in [7, 11) is 0. The van der Waals surface area contributed by atoms with Gasteiger partial charge in [-0.15, -0.1) is 0 Å². The molecule has 0 radical (unpaired) electrons. The van der Waals surface area contributed by atoms with E-state index in [9.17, 15) is 4.79 Å². The lowest BCUT2D eigenvalue weighted by molar-refractivity contribution is 0.0525. The molecule has 0 saturated heterocycles. The van der Waals surface area contributed by atoms with Crippen molar-refractivity contribution >= 4 is 21.9 Å². The smallest absolute Gasteiger partial charge is 0.354 e. The van der Waals surface area contributed by atoms with E-state index >= 15 is 0 Å². The summed E-state index contributed by atoms with van der Waals surface area (Å²) in [6, 6.07) is 3.43. The first kappa shape index (κ1) is 8.33. The standard InChI is InChI=1S/C7H8BrNO2/c8-3-5-11-7(10)6-2-1-4-9-6/h1-2,4,9H,3,5H2. The van der Waals surface area contributed by atoms with Gasteiger partial charge >= 0.3 is 5.97 Å². The third kappa shape index (κ3) is 2.38. The Hall–Kier alpha value is -0.770. The van der Waals surface area contributed by atoms with Gasteiger partial charge in [-0.3, -0.25) is 0 Å². The maximum atomic E-state index is 11.0. The van der Waals surface area contributed by atoms with Crippen molar-refractivity contribution in [3.05, 3.63) is 24.0 Å². The van der Waals surface area contributed by atoms with E-state index in [1.807, 2.05) is 0 Å². The van der Waals surface area contributed by atoms with E-state index in [1.54, 1.807) is 18.3 Å². The quantitative estimate of drug-likeness (QED) is 0.617. The Morgan fingerprint density at radius 2 is 2.55 bits per heavy atom. The van der Waals surface area contributed by atoms with Crippen LogP contribution in [-0.2, 0) is 4.74 Å². The van der Waals surface area contributed by atoms with E-state index in [-0.39, 0.29) is 5.97 Å². The number of H-pyrrole nitrogens is 1. The molecule has 1 aromatic heterocycles. The maximum absolute atomic E-state index is 11.0. The van der Waals surface area contributed by atoms with Gasteiger partial charge in [-0.25, -0.2) is 4.79 Å². The van der Waals surface area contributed by atoms with Crippen LogP contribution in [0.1, 0.15) is 10.5 Å². The second kappa shape index (κ2) is 4.18. The van der Waals surface area contributed by atoms with Crippen LogP contribution >= 0.6 is 15.9 Å². The summed E-state index contributed by atoms with van der Waals surface area (Å²) in [5.41, 5.74) is 0.492. The van der Waals surface area contributed by atoms with Crippen molar-refractivity contribution in [1.29, 1.82) is 0 Å². The van der Waals surface area contributed by atoms with Crippen LogP contribution in [0.5, 0.6) is 0 Å². The zero-order chi connectivity index (χ0) is 8.10. The highest BCUT2D eigenvalue weighted by atomic mass is 79.9. The SMILES string of the molecule is O=C(OCCBr)c1ccc[nH]1. The van der Waals surface area contributed by atoms with Gasteiger partial charge in [0, 0.05) is 11.5 Å². The molecule has 0 amide bonds. The summed E-state index contributed by atoms with van der Waals surface area (Å²) in [5, 5.41) is 0.666. The second-order valence-electron chi connectivity index (χ2n) is 1.91. The summed E-state index contributed by atoms with van der Waals surface area (Å²) in [6.45, 7) is 0.401. The molecule has 60 valence electrons. The van der Waals surface area contributed by atoms with Crippen LogP contribution in [0.4, 0.5) is 0 Å². The van der Waals surface area contributed by atoms with E-state index in [2.05, 4.69) is 20.9 Å². The zero-order valence-corrected chi connectivity index (χ0v) is 7.43. The van der Waals surface area contributed by atoms with Gasteiger partial charge in [0.15, 0.2) is 0 Å². The minimum atomic E-state index is -0.311. The van der Waals surface area contributed by atoms with Gasteiger partial charge in [-0.1, -0.05) is 15.9 Å². The minimum absolute atomic E-state index is 0.311. The summed E-state index contributed by atoms with van der Waals surface area (Å²) in [6.07, 6.45) is 1.69. The van der Waals surface area contributed by atoms with E-state index in [1.165, 1.54) is 0 Å². The second-order valence-corrected chi connectivity index (χ2v) is 2.70. The monoisotopic (exact) mass is 217 g/mol. The molecule has 0 aliphatic heterocycles. The first-order chi connectivity index (χ1) is 5.34. The molecule has 0 saturated carbocycles. The van der Waals surface area contributed by atoms with Crippen molar-refractivity contribution in [3.8, 4) is 0 Å². The average molecular weight is 218 g/mol. The Morgan fingerprint density at radius 3 is 3.09 bits per heavy atom. The predicted octanol–water partition coefficient (Wildman–Crippen LogP) is 1.57. The molecule has 0 unspecified atom stereocenters. The van der Waals surface area contributed by atoms with E-state index in [4.69, 9.17) is 4.74 Å². The molecular weight excluding hydrogens is 210 g/mol. The van der Waals surface area contributed by atoms with Gasteiger partial charge < -0.3 is 9.72 Å². The van der Waals surface area contributed by atoms with Gasteiger partial charge in [0.1, 0.15) is 12.3 Å². The molecule has 4 heteroatoms. The molecule has 11 heavy (non-hydrogen) atoms. The van der Waals surface area contributed by atoms with Crippen LogP contribution in [0.3, 0.4) is 0 Å². The van der Waals surface area contributed by atoms with Gasteiger partial charge in [-0.05, 0) is 12.1 Å². The first-order valence-electron chi connectivity index (χ1n) is 3.21. The van der Waals surface area contributed by atoms with E-state index in [0.717, 1.165) is 0 Å². The van der Waals surface area contributed by atoms with Gasteiger partial charge in [-0.2, -0.15) is 0 Å². The number of nitrogens with one attached hydrogen (secondary N) is 1. The highest BCUT2D eigenvalue weighted by molar-refractivity contribution is 9.09. The third-order valence-corrected chi connectivity index (χ3v) is 1.45. The van der Waals surface area contributed by atoms with Crippen molar-refractivity contribution < 1.29 is 9.53 Å². The lowest BCUT2D eigenvalue weighted by Gasteiger charge is -1.98. The molecule has 0 aliphatic rings. The number of aromatic nitrogens is 1. The fourth-order valence-electron chi connectivity index (χ4n) is 0.666. The molecule has 1 rings (SSSR count). The lowest BCUT2D eigenvalue weighted by Crippen LogP contribution is -2.06. The predicted molar refractivity (Wildman–Crippen MR) is 44.9 cm³/mol. The molecule has 1 heterocycles. The number of carbonyl (C=O) groups is 1. The van der Waals surface area contributed by atoms with Crippen LogP contribution in [0.15, 0.2) is 18.3 Å². The number of hydrogen-bond acceptors (Lipinski definition) is 2. The number of aromatic amines is 1. The fraction of sp³-hybridized carbons (Fsp3) is 0.286.